The second-order valence-corrected chi connectivity index (χ2v) is 6.93. The predicted octanol–water partition coefficient (Wildman–Crippen LogP) is 3.64. The van der Waals surface area contributed by atoms with Gasteiger partial charge in [-0.2, -0.15) is 5.10 Å². The van der Waals surface area contributed by atoms with Gasteiger partial charge in [-0.25, -0.2) is 4.98 Å². The topological polar surface area (TPSA) is 82.1 Å². The molecule has 0 fully saturated rings. The number of phenols is 1. The van der Waals surface area contributed by atoms with Crippen LogP contribution in [0.25, 0.3) is 0 Å². The summed E-state index contributed by atoms with van der Waals surface area (Å²) in [6.45, 7) is 1.94. The second kappa shape index (κ2) is 8.05. The molecule has 0 aliphatic heterocycles. The van der Waals surface area contributed by atoms with E-state index in [-0.39, 0.29) is 17.7 Å². The third-order valence-corrected chi connectivity index (χ3v) is 5.17. The summed E-state index contributed by atoms with van der Waals surface area (Å²) < 4.78 is 0. The number of amides is 1. The number of carbonyl (C=O) groups excluding carboxylic acids is 1. The van der Waals surface area contributed by atoms with Gasteiger partial charge in [-0.15, -0.1) is 0 Å². The summed E-state index contributed by atoms with van der Waals surface area (Å²) in [5.74, 6) is 0.887. The molecule has 1 unspecified atom stereocenters. The van der Waals surface area contributed by atoms with Crippen molar-refractivity contribution in [2.75, 3.05) is 7.05 Å². The van der Waals surface area contributed by atoms with Crippen LogP contribution < -0.4 is 0 Å². The van der Waals surface area contributed by atoms with Crippen LogP contribution in [0, 0.1) is 0 Å². The number of aromatic hydroxyl groups is 1. The smallest absolute Gasteiger partial charge is 0.254 e. The van der Waals surface area contributed by atoms with Gasteiger partial charge >= 0.3 is 0 Å². The number of rotatable bonds is 6. The fraction of sp³-hybridized carbons (Fsp3) is 0.211. The predicted molar refractivity (Wildman–Crippen MR) is 101 cm³/mol. The first-order valence-corrected chi connectivity index (χ1v) is 9.16. The van der Waals surface area contributed by atoms with Gasteiger partial charge in [0.2, 0.25) is 0 Å². The van der Waals surface area contributed by atoms with Crippen molar-refractivity contribution in [2.24, 2.45) is 0 Å². The van der Waals surface area contributed by atoms with E-state index >= 15 is 0 Å². The summed E-state index contributed by atoms with van der Waals surface area (Å²) in [4.78, 5) is 18.5. The van der Waals surface area contributed by atoms with E-state index < -0.39 is 0 Å². The molecule has 3 rings (SSSR count). The van der Waals surface area contributed by atoms with Crippen molar-refractivity contribution >= 4 is 17.7 Å². The van der Waals surface area contributed by atoms with E-state index in [9.17, 15) is 9.90 Å². The Hall–Kier alpha value is -2.80. The van der Waals surface area contributed by atoms with Gasteiger partial charge in [0.15, 0.2) is 5.16 Å². The highest BCUT2D eigenvalue weighted by Crippen LogP contribution is 2.24. The van der Waals surface area contributed by atoms with Gasteiger partial charge in [0.25, 0.3) is 5.91 Å². The number of hydrogen-bond donors (Lipinski definition) is 2. The first kappa shape index (κ1) is 18.0. The lowest BCUT2D eigenvalue weighted by atomic mass is 10.1. The van der Waals surface area contributed by atoms with E-state index in [1.54, 1.807) is 41.9 Å². The van der Waals surface area contributed by atoms with E-state index in [4.69, 9.17) is 0 Å². The molecular weight excluding hydrogens is 348 g/mol. The number of thioether (sulfide) groups is 1. The molecule has 2 N–H and O–H groups in total. The number of carbonyl (C=O) groups is 1. The molecule has 26 heavy (non-hydrogen) atoms. The van der Waals surface area contributed by atoms with Crippen LogP contribution in [0.15, 0.2) is 60.0 Å². The van der Waals surface area contributed by atoms with Crippen LogP contribution in [0.3, 0.4) is 0 Å². The summed E-state index contributed by atoms with van der Waals surface area (Å²) in [5, 5.41) is 17.0. The average Bonchev–Trinajstić information content (AvgIpc) is 3.18. The maximum Gasteiger partial charge on any atom is 0.254 e. The summed E-state index contributed by atoms with van der Waals surface area (Å²) in [5.41, 5.74) is 2.63. The van der Waals surface area contributed by atoms with Gasteiger partial charge in [0, 0.05) is 18.4 Å². The molecule has 1 heterocycles. The molecule has 0 bridgehead atoms. The molecule has 0 radical (unpaired) electrons. The SMILES string of the molecule is CC(c1cccc(O)c1)N(C)C(=O)c1ccc(CSc2ncn[nH]2)cc1. The highest BCUT2D eigenvalue weighted by atomic mass is 32.2. The molecule has 0 saturated carbocycles. The molecule has 0 saturated heterocycles. The van der Waals surface area contributed by atoms with Crippen LogP contribution in [0.2, 0.25) is 0 Å². The normalized spacial score (nSPS) is 11.9. The minimum atomic E-state index is -0.142. The highest BCUT2D eigenvalue weighted by Gasteiger charge is 2.19. The highest BCUT2D eigenvalue weighted by molar-refractivity contribution is 7.98. The molecule has 0 aliphatic carbocycles. The quantitative estimate of drug-likeness (QED) is 0.649. The van der Waals surface area contributed by atoms with Gasteiger partial charge in [-0.1, -0.05) is 36.0 Å². The third-order valence-electron chi connectivity index (χ3n) is 4.22. The lowest BCUT2D eigenvalue weighted by Gasteiger charge is -2.25. The van der Waals surface area contributed by atoms with E-state index in [2.05, 4.69) is 15.2 Å². The van der Waals surface area contributed by atoms with Crippen molar-refractivity contribution in [1.82, 2.24) is 20.1 Å². The average molecular weight is 368 g/mol. The zero-order chi connectivity index (χ0) is 18.5. The fourth-order valence-corrected chi connectivity index (χ4v) is 3.28. The van der Waals surface area contributed by atoms with Crippen molar-refractivity contribution in [3.05, 3.63) is 71.5 Å². The number of benzene rings is 2. The largest absolute Gasteiger partial charge is 0.508 e. The van der Waals surface area contributed by atoms with E-state index in [0.29, 0.717) is 5.56 Å². The Balaban J connectivity index is 1.65. The fourth-order valence-electron chi connectivity index (χ4n) is 2.55. The number of nitrogens with one attached hydrogen (secondary N) is 1. The first-order chi connectivity index (χ1) is 12.5. The maximum atomic E-state index is 12.7. The lowest BCUT2D eigenvalue weighted by molar-refractivity contribution is 0.0742. The zero-order valence-electron chi connectivity index (χ0n) is 14.6. The van der Waals surface area contributed by atoms with Crippen molar-refractivity contribution in [3.63, 3.8) is 0 Å². The molecule has 3 aromatic rings. The number of aromatic nitrogens is 3. The minimum absolute atomic E-state index is 0.0599. The standard InChI is InChI=1S/C19H20N4O2S/c1-13(16-4-3-5-17(24)10-16)23(2)18(25)15-8-6-14(7-9-15)11-26-19-20-12-21-22-19/h3-10,12-13,24H,11H2,1-2H3,(H,20,21,22). The van der Waals surface area contributed by atoms with Gasteiger partial charge in [0.1, 0.15) is 12.1 Å². The van der Waals surface area contributed by atoms with Crippen LogP contribution in [0.4, 0.5) is 0 Å². The molecule has 7 heteroatoms. The monoisotopic (exact) mass is 368 g/mol. The molecule has 0 spiro atoms. The summed E-state index contributed by atoms with van der Waals surface area (Å²) >= 11 is 1.56. The Kier molecular flexibility index (Phi) is 5.58. The zero-order valence-corrected chi connectivity index (χ0v) is 15.4. The number of phenolic OH excluding ortho intramolecular Hbond substituents is 1. The van der Waals surface area contributed by atoms with Crippen LogP contribution >= 0.6 is 11.8 Å². The molecular formula is C19H20N4O2S. The van der Waals surface area contributed by atoms with Gasteiger partial charge < -0.3 is 10.0 Å². The number of aromatic amines is 1. The molecule has 6 nitrogen and oxygen atoms in total. The minimum Gasteiger partial charge on any atom is -0.508 e. The Morgan fingerprint density at radius 2 is 2.04 bits per heavy atom. The van der Waals surface area contributed by atoms with Crippen molar-refractivity contribution in [2.45, 2.75) is 23.9 Å². The van der Waals surface area contributed by atoms with Crippen LogP contribution in [-0.2, 0) is 5.75 Å². The van der Waals surface area contributed by atoms with Gasteiger partial charge in [-0.05, 0) is 42.3 Å². The molecule has 1 amide bonds. The maximum absolute atomic E-state index is 12.7. The Morgan fingerprint density at radius 1 is 1.27 bits per heavy atom. The van der Waals surface area contributed by atoms with E-state index in [0.717, 1.165) is 22.0 Å². The molecule has 1 atom stereocenters. The van der Waals surface area contributed by atoms with Crippen LogP contribution in [0.5, 0.6) is 5.75 Å². The van der Waals surface area contributed by atoms with Gasteiger partial charge in [-0.3, -0.25) is 9.89 Å². The molecule has 1 aromatic heterocycles. The number of nitrogens with zero attached hydrogens (tertiary/aromatic N) is 3. The number of hydrogen-bond acceptors (Lipinski definition) is 5. The lowest BCUT2D eigenvalue weighted by Crippen LogP contribution is -2.29. The van der Waals surface area contributed by atoms with Crippen LogP contribution in [0.1, 0.15) is 34.5 Å². The summed E-state index contributed by atoms with van der Waals surface area (Å²) in [7, 11) is 1.77. The summed E-state index contributed by atoms with van der Waals surface area (Å²) in [6.07, 6.45) is 1.48. The summed E-state index contributed by atoms with van der Waals surface area (Å²) in [6, 6.07) is 14.4. The molecule has 134 valence electrons. The Labute approximate surface area is 156 Å². The van der Waals surface area contributed by atoms with E-state index in [1.807, 2.05) is 37.3 Å². The third kappa shape index (κ3) is 4.23. The van der Waals surface area contributed by atoms with Crippen molar-refractivity contribution in [1.29, 1.82) is 0 Å². The van der Waals surface area contributed by atoms with Crippen LogP contribution in [-0.4, -0.2) is 38.1 Å². The van der Waals surface area contributed by atoms with Crippen molar-refractivity contribution in [3.8, 4) is 5.75 Å². The Morgan fingerprint density at radius 3 is 2.69 bits per heavy atom. The second-order valence-electron chi connectivity index (χ2n) is 5.96. The number of H-pyrrole nitrogens is 1. The molecule has 0 aliphatic rings. The van der Waals surface area contributed by atoms with Crippen molar-refractivity contribution < 1.29 is 9.90 Å². The Bertz CT molecular complexity index is 866. The molecule has 2 aromatic carbocycles. The van der Waals surface area contributed by atoms with E-state index in [1.165, 1.54) is 6.33 Å². The first-order valence-electron chi connectivity index (χ1n) is 8.18. The van der Waals surface area contributed by atoms with Gasteiger partial charge in [0.05, 0.1) is 6.04 Å².